The highest BCUT2D eigenvalue weighted by Crippen LogP contribution is 2.26. The normalized spacial score (nSPS) is 14.8. The van der Waals surface area contributed by atoms with Gasteiger partial charge in [-0.25, -0.2) is 4.98 Å². The number of rotatable bonds is 8. The molecule has 3 N–H and O–H groups in total. The van der Waals surface area contributed by atoms with Gasteiger partial charge >= 0.3 is 0 Å². The zero-order valence-electron chi connectivity index (χ0n) is 16.0. The van der Waals surface area contributed by atoms with E-state index in [9.17, 15) is 0 Å². The molecule has 0 unspecified atom stereocenters. The van der Waals surface area contributed by atoms with Crippen LogP contribution in [0.25, 0.3) is 0 Å². The van der Waals surface area contributed by atoms with Crippen molar-refractivity contribution in [3.05, 3.63) is 40.0 Å². The Morgan fingerprint density at radius 1 is 1.19 bits per heavy atom. The fourth-order valence-corrected chi connectivity index (χ4v) is 3.84. The van der Waals surface area contributed by atoms with Crippen LogP contribution in [0, 0.1) is 12.8 Å². The van der Waals surface area contributed by atoms with Crippen molar-refractivity contribution in [1.82, 2.24) is 9.97 Å². The van der Waals surface area contributed by atoms with Crippen molar-refractivity contribution in [2.75, 3.05) is 29.8 Å². The van der Waals surface area contributed by atoms with Gasteiger partial charge in [0.25, 0.3) is 0 Å². The molecular formula is C20H28BrN5O. The van der Waals surface area contributed by atoms with Crippen LogP contribution in [0.1, 0.15) is 43.2 Å². The first-order valence-electron chi connectivity index (χ1n) is 9.55. The van der Waals surface area contributed by atoms with Crippen molar-refractivity contribution >= 4 is 33.4 Å². The highest BCUT2D eigenvalue weighted by molar-refractivity contribution is 9.10. The average molecular weight is 434 g/mol. The second kappa shape index (κ2) is 9.90. The molecule has 0 spiro atoms. The van der Waals surface area contributed by atoms with Crippen LogP contribution in [0.2, 0.25) is 0 Å². The first-order valence-corrected chi connectivity index (χ1v) is 10.3. The number of anilines is 3. The summed E-state index contributed by atoms with van der Waals surface area (Å²) in [5, 5.41) is 6.81. The monoisotopic (exact) mass is 433 g/mol. The van der Waals surface area contributed by atoms with Crippen LogP contribution >= 0.6 is 15.9 Å². The number of hydrogen-bond acceptors (Lipinski definition) is 6. The summed E-state index contributed by atoms with van der Waals surface area (Å²) in [5.74, 6) is 2.08. The average Bonchev–Trinajstić information content (AvgIpc) is 2.70. The van der Waals surface area contributed by atoms with E-state index in [-0.39, 0.29) is 0 Å². The molecule has 0 radical (unpaired) electrons. The van der Waals surface area contributed by atoms with E-state index in [2.05, 4.69) is 55.0 Å². The molecule has 1 aliphatic rings. The molecule has 1 aliphatic carbocycles. The fourth-order valence-electron chi connectivity index (χ4n) is 3.44. The van der Waals surface area contributed by atoms with Gasteiger partial charge in [-0.15, -0.1) is 0 Å². The molecule has 7 heteroatoms. The Kier molecular flexibility index (Phi) is 7.29. The smallest absolute Gasteiger partial charge is 0.225 e. The highest BCUT2D eigenvalue weighted by Gasteiger charge is 2.15. The number of hydrogen-bond donors (Lipinski definition) is 3. The SMILES string of the molecule is CONc1cnc(NCc2cccc(Br)c2C)nc1NCC1CCCCC1. The topological polar surface area (TPSA) is 71.1 Å². The van der Waals surface area contributed by atoms with E-state index >= 15 is 0 Å². The van der Waals surface area contributed by atoms with Crippen molar-refractivity contribution < 1.29 is 4.84 Å². The van der Waals surface area contributed by atoms with E-state index in [4.69, 9.17) is 4.84 Å². The third-order valence-electron chi connectivity index (χ3n) is 5.10. The summed E-state index contributed by atoms with van der Waals surface area (Å²) in [6.45, 7) is 3.70. The molecule has 1 saturated carbocycles. The van der Waals surface area contributed by atoms with E-state index in [0.29, 0.717) is 18.4 Å². The predicted molar refractivity (Wildman–Crippen MR) is 114 cm³/mol. The molecule has 1 aromatic heterocycles. The zero-order chi connectivity index (χ0) is 19.1. The summed E-state index contributed by atoms with van der Waals surface area (Å²) in [5.41, 5.74) is 6.04. The van der Waals surface area contributed by atoms with E-state index < -0.39 is 0 Å². The van der Waals surface area contributed by atoms with Crippen molar-refractivity contribution in [3.8, 4) is 0 Å². The van der Waals surface area contributed by atoms with Crippen molar-refractivity contribution in [3.63, 3.8) is 0 Å². The molecule has 0 atom stereocenters. The van der Waals surface area contributed by atoms with Gasteiger partial charge in [0.2, 0.25) is 5.95 Å². The van der Waals surface area contributed by atoms with Gasteiger partial charge in [-0.2, -0.15) is 4.98 Å². The Morgan fingerprint density at radius 3 is 2.78 bits per heavy atom. The summed E-state index contributed by atoms with van der Waals surface area (Å²) < 4.78 is 1.11. The fraction of sp³-hybridized carbons (Fsp3) is 0.500. The largest absolute Gasteiger partial charge is 0.368 e. The Hall–Kier alpha value is -1.86. The molecule has 3 rings (SSSR count). The lowest BCUT2D eigenvalue weighted by Gasteiger charge is -2.22. The molecule has 27 heavy (non-hydrogen) atoms. The number of benzene rings is 1. The lowest BCUT2D eigenvalue weighted by Crippen LogP contribution is -2.19. The van der Waals surface area contributed by atoms with E-state index in [1.54, 1.807) is 13.3 Å². The maximum absolute atomic E-state index is 5.06. The molecule has 0 bridgehead atoms. The molecule has 0 amide bonds. The number of aromatic nitrogens is 2. The van der Waals surface area contributed by atoms with Gasteiger partial charge in [0.05, 0.1) is 13.3 Å². The highest BCUT2D eigenvalue weighted by atomic mass is 79.9. The summed E-state index contributed by atoms with van der Waals surface area (Å²) >= 11 is 3.58. The molecule has 1 heterocycles. The van der Waals surface area contributed by atoms with Crippen molar-refractivity contribution in [2.24, 2.45) is 5.92 Å². The minimum absolute atomic E-state index is 0.599. The van der Waals surface area contributed by atoms with Crippen LogP contribution in [0.15, 0.2) is 28.9 Å². The van der Waals surface area contributed by atoms with Gasteiger partial charge in [0.15, 0.2) is 5.82 Å². The van der Waals surface area contributed by atoms with Gasteiger partial charge in [-0.3, -0.25) is 10.3 Å². The molecule has 1 aromatic carbocycles. The summed E-state index contributed by atoms with van der Waals surface area (Å²) in [6.07, 6.45) is 8.35. The number of halogens is 1. The molecule has 1 fully saturated rings. The zero-order valence-corrected chi connectivity index (χ0v) is 17.6. The van der Waals surface area contributed by atoms with E-state index in [0.717, 1.165) is 22.5 Å². The summed E-state index contributed by atoms with van der Waals surface area (Å²) in [6, 6.07) is 6.20. The molecule has 6 nitrogen and oxygen atoms in total. The minimum atomic E-state index is 0.599. The maximum atomic E-state index is 5.06. The number of nitrogens with one attached hydrogen (secondary N) is 3. The van der Waals surface area contributed by atoms with Crippen LogP contribution in [-0.2, 0) is 11.4 Å². The standard InChI is InChI=1S/C20H28BrN5O/c1-14-16(9-6-10-17(14)21)12-23-20-24-13-18(26-27-2)19(25-20)22-11-15-7-4-3-5-8-15/h6,9-10,13,15,26H,3-5,7-8,11-12H2,1-2H3,(H2,22,23,24,25). The minimum Gasteiger partial charge on any atom is -0.368 e. The van der Waals surface area contributed by atoms with Crippen LogP contribution < -0.4 is 16.1 Å². The molecule has 146 valence electrons. The maximum Gasteiger partial charge on any atom is 0.225 e. The van der Waals surface area contributed by atoms with Gasteiger partial charge in [-0.1, -0.05) is 47.3 Å². The number of nitrogens with zero attached hydrogens (tertiary/aromatic N) is 2. The molecule has 0 saturated heterocycles. The Bertz CT molecular complexity index is 749. The van der Waals surface area contributed by atoms with Gasteiger partial charge in [-0.05, 0) is 42.9 Å². The first kappa shape index (κ1) is 19.9. The third-order valence-corrected chi connectivity index (χ3v) is 5.96. The second-order valence-corrected chi connectivity index (χ2v) is 7.88. The quantitative estimate of drug-likeness (QED) is 0.501. The predicted octanol–water partition coefficient (Wildman–Crippen LogP) is 5.13. The van der Waals surface area contributed by atoms with Crippen LogP contribution in [0.3, 0.4) is 0 Å². The Labute approximate surface area is 169 Å². The molecular weight excluding hydrogens is 406 g/mol. The Morgan fingerprint density at radius 2 is 2.00 bits per heavy atom. The van der Waals surface area contributed by atoms with E-state index in [1.165, 1.54) is 43.2 Å². The van der Waals surface area contributed by atoms with Gasteiger partial charge in [0, 0.05) is 17.6 Å². The van der Waals surface area contributed by atoms with Crippen LogP contribution in [0.5, 0.6) is 0 Å². The molecule has 0 aliphatic heterocycles. The van der Waals surface area contributed by atoms with Crippen molar-refractivity contribution in [1.29, 1.82) is 0 Å². The van der Waals surface area contributed by atoms with Crippen LogP contribution in [-0.4, -0.2) is 23.6 Å². The first-order chi connectivity index (χ1) is 13.2. The lowest BCUT2D eigenvalue weighted by molar-refractivity contribution is 0.271. The molecule has 2 aromatic rings. The van der Waals surface area contributed by atoms with Gasteiger partial charge < -0.3 is 10.6 Å². The van der Waals surface area contributed by atoms with E-state index in [1.807, 2.05) is 12.1 Å². The summed E-state index contributed by atoms with van der Waals surface area (Å²) in [7, 11) is 1.59. The van der Waals surface area contributed by atoms with Gasteiger partial charge in [0.1, 0.15) is 5.69 Å². The van der Waals surface area contributed by atoms with Crippen molar-refractivity contribution in [2.45, 2.75) is 45.6 Å². The third kappa shape index (κ3) is 5.56. The summed E-state index contributed by atoms with van der Waals surface area (Å²) in [4.78, 5) is 14.1. The Balaban J connectivity index is 1.67. The lowest BCUT2D eigenvalue weighted by atomic mass is 9.89. The van der Waals surface area contributed by atoms with Crippen LogP contribution in [0.4, 0.5) is 17.5 Å². The second-order valence-electron chi connectivity index (χ2n) is 7.02.